The van der Waals surface area contributed by atoms with Crippen LogP contribution in [-0.4, -0.2) is 40.8 Å². The molecule has 0 saturated heterocycles. The van der Waals surface area contributed by atoms with Crippen molar-refractivity contribution in [2.24, 2.45) is 5.92 Å². The topological polar surface area (TPSA) is 115 Å². The fraction of sp³-hybridized carbons (Fsp3) is 0.214. The van der Waals surface area contributed by atoms with Crippen LogP contribution < -0.4 is 5.32 Å². The molecular formula is C28H26FN3O5. The van der Waals surface area contributed by atoms with Gasteiger partial charge in [0.25, 0.3) is 11.8 Å². The summed E-state index contributed by atoms with van der Waals surface area (Å²) in [7, 11) is 1.63. The first kappa shape index (κ1) is 25.7. The summed E-state index contributed by atoms with van der Waals surface area (Å²) in [6.07, 6.45) is 0. The summed E-state index contributed by atoms with van der Waals surface area (Å²) < 4.78 is 25.6. The average Bonchev–Trinajstić information content (AvgIpc) is 3.38. The second-order valence-electron chi connectivity index (χ2n) is 8.69. The summed E-state index contributed by atoms with van der Waals surface area (Å²) in [4.78, 5) is 27.6. The van der Waals surface area contributed by atoms with Crippen LogP contribution in [0.3, 0.4) is 0 Å². The highest BCUT2D eigenvalue weighted by molar-refractivity contribution is 5.95. The summed E-state index contributed by atoms with van der Waals surface area (Å²) in [5.41, 5.74) is 5.04. The van der Waals surface area contributed by atoms with E-state index in [1.807, 2.05) is 30.3 Å². The molecule has 4 aromatic rings. The highest BCUT2D eigenvalue weighted by Gasteiger charge is 2.19. The van der Waals surface area contributed by atoms with Crippen molar-refractivity contribution >= 4 is 11.9 Å². The number of rotatable bonds is 9. The monoisotopic (exact) mass is 503 g/mol. The zero-order valence-electron chi connectivity index (χ0n) is 20.6. The maximum atomic E-state index is 14.7. The quantitative estimate of drug-likeness (QED) is 0.326. The second-order valence-corrected chi connectivity index (χ2v) is 8.69. The number of aliphatic carboxylic acids is 1. The molecule has 0 radical (unpaired) electrons. The Bertz CT molecular complexity index is 1450. The Balaban J connectivity index is 1.57. The molecule has 0 aliphatic heterocycles. The molecule has 37 heavy (non-hydrogen) atoms. The zero-order valence-corrected chi connectivity index (χ0v) is 20.6. The second kappa shape index (κ2) is 11.1. The van der Waals surface area contributed by atoms with Crippen LogP contribution in [0.25, 0.3) is 34.0 Å². The smallest absolute Gasteiger partial charge is 0.308 e. The molecule has 0 spiro atoms. The number of nitrogens with one attached hydrogen (secondary N) is 1. The minimum Gasteiger partial charge on any atom is -0.481 e. The third-order valence-electron chi connectivity index (χ3n) is 5.98. The van der Waals surface area contributed by atoms with Gasteiger partial charge in [-0.2, -0.15) is 4.98 Å². The molecule has 0 aliphatic rings. The molecule has 1 atom stereocenters. The van der Waals surface area contributed by atoms with Crippen LogP contribution in [0.15, 0.2) is 65.2 Å². The van der Waals surface area contributed by atoms with Crippen molar-refractivity contribution in [1.29, 1.82) is 0 Å². The molecular weight excluding hydrogens is 477 g/mol. The lowest BCUT2D eigenvalue weighted by molar-refractivity contribution is -0.140. The van der Waals surface area contributed by atoms with Crippen molar-refractivity contribution in [1.82, 2.24) is 15.5 Å². The summed E-state index contributed by atoms with van der Waals surface area (Å²) in [6.45, 7) is 3.77. The van der Waals surface area contributed by atoms with Crippen molar-refractivity contribution < 1.29 is 28.3 Å². The van der Waals surface area contributed by atoms with E-state index < -0.39 is 23.6 Å². The predicted molar refractivity (Wildman–Crippen MR) is 135 cm³/mol. The predicted octanol–water partition coefficient (Wildman–Crippen LogP) is 5.12. The van der Waals surface area contributed by atoms with Gasteiger partial charge in [-0.25, -0.2) is 4.39 Å². The highest BCUT2D eigenvalue weighted by Crippen LogP contribution is 2.32. The van der Waals surface area contributed by atoms with Gasteiger partial charge in [-0.3, -0.25) is 9.59 Å². The third-order valence-corrected chi connectivity index (χ3v) is 5.98. The number of aromatic nitrogens is 2. The lowest BCUT2D eigenvalue weighted by atomic mass is 9.94. The normalized spacial score (nSPS) is 11.8. The zero-order chi connectivity index (χ0) is 26.5. The standard InChI is InChI=1S/C28H26FN3O5/c1-16-6-4-5-7-21(16)22-10-9-19(12-20(22)15-36-3)27-31-25(32-37-27)18-8-11-23(24(29)13-18)26(33)30-14-17(2)28(34)35/h4-13,17H,14-15H2,1-3H3,(H,30,33)(H,34,35). The molecule has 1 aromatic heterocycles. The number of ether oxygens (including phenoxy) is 1. The minimum atomic E-state index is -1.05. The molecule has 0 saturated carbocycles. The van der Waals surface area contributed by atoms with E-state index in [-0.39, 0.29) is 23.8 Å². The molecule has 8 nitrogen and oxygen atoms in total. The first-order chi connectivity index (χ1) is 17.8. The van der Waals surface area contributed by atoms with Crippen LogP contribution in [0, 0.1) is 18.7 Å². The Labute approximate surface area is 213 Å². The average molecular weight is 504 g/mol. The van der Waals surface area contributed by atoms with Gasteiger partial charge in [-0.1, -0.05) is 48.5 Å². The number of carbonyl (C=O) groups is 2. The SMILES string of the molecule is COCc1cc(-c2nc(-c3ccc(C(=O)NCC(C)C(=O)O)c(F)c3)no2)ccc1-c1ccccc1C. The number of hydrogen-bond acceptors (Lipinski definition) is 6. The Morgan fingerprint density at radius 1 is 1.08 bits per heavy atom. The number of carboxylic acids is 1. The summed E-state index contributed by atoms with van der Waals surface area (Å²) in [6, 6.07) is 17.8. The Morgan fingerprint density at radius 3 is 2.54 bits per heavy atom. The van der Waals surface area contributed by atoms with Crippen molar-refractivity contribution in [2.75, 3.05) is 13.7 Å². The largest absolute Gasteiger partial charge is 0.481 e. The van der Waals surface area contributed by atoms with Crippen LogP contribution in [0.5, 0.6) is 0 Å². The summed E-state index contributed by atoms with van der Waals surface area (Å²) in [5, 5.41) is 15.3. The number of amides is 1. The molecule has 9 heteroatoms. The van der Waals surface area contributed by atoms with Gasteiger partial charge in [-0.05, 0) is 53.4 Å². The van der Waals surface area contributed by atoms with Crippen molar-refractivity contribution in [3.8, 4) is 34.0 Å². The van der Waals surface area contributed by atoms with Gasteiger partial charge in [0.1, 0.15) is 5.82 Å². The van der Waals surface area contributed by atoms with Crippen LogP contribution in [0.1, 0.15) is 28.4 Å². The molecule has 2 N–H and O–H groups in total. The van der Waals surface area contributed by atoms with Crippen molar-refractivity contribution in [2.45, 2.75) is 20.5 Å². The van der Waals surface area contributed by atoms with E-state index >= 15 is 0 Å². The molecule has 1 amide bonds. The van der Waals surface area contributed by atoms with Gasteiger partial charge in [-0.15, -0.1) is 0 Å². The van der Waals surface area contributed by atoms with Crippen molar-refractivity contribution in [3.63, 3.8) is 0 Å². The van der Waals surface area contributed by atoms with E-state index in [0.717, 1.165) is 28.3 Å². The molecule has 3 aromatic carbocycles. The minimum absolute atomic E-state index is 0.114. The fourth-order valence-corrected chi connectivity index (χ4v) is 3.86. The van der Waals surface area contributed by atoms with Gasteiger partial charge >= 0.3 is 5.97 Å². The Morgan fingerprint density at radius 2 is 1.84 bits per heavy atom. The lowest BCUT2D eigenvalue weighted by Crippen LogP contribution is -2.31. The molecule has 1 heterocycles. The van der Waals surface area contributed by atoms with Crippen LogP contribution in [0.4, 0.5) is 4.39 Å². The molecule has 4 rings (SSSR count). The van der Waals surface area contributed by atoms with E-state index in [4.69, 9.17) is 14.4 Å². The number of carbonyl (C=O) groups excluding carboxylic acids is 1. The van der Waals surface area contributed by atoms with Gasteiger partial charge in [0.05, 0.1) is 18.1 Å². The van der Waals surface area contributed by atoms with E-state index in [1.54, 1.807) is 7.11 Å². The van der Waals surface area contributed by atoms with E-state index in [1.165, 1.54) is 19.1 Å². The number of nitrogens with zero attached hydrogens (tertiary/aromatic N) is 2. The summed E-state index contributed by atoms with van der Waals surface area (Å²) >= 11 is 0. The van der Waals surface area contributed by atoms with E-state index in [2.05, 4.69) is 34.5 Å². The number of aryl methyl sites for hydroxylation is 1. The van der Waals surface area contributed by atoms with Crippen LogP contribution in [0.2, 0.25) is 0 Å². The molecule has 190 valence electrons. The van der Waals surface area contributed by atoms with Crippen LogP contribution >= 0.6 is 0 Å². The number of methoxy groups -OCH3 is 1. The molecule has 0 fully saturated rings. The van der Waals surface area contributed by atoms with Crippen molar-refractivity contribution in [3.05, 3.63) is 83.2 Å². The number of hydrogen-bond donors (Lipinski definition) is 2. The molecule has 1 unspecified atom stereocenters. The molecule has 0 bridgehead atoms. The Kier molecular flexibility index (Phi) is 7.74. The fourth-order valence-electron chi connectivity index (χ4n) is 3.86. The number of halogens is 1. The van der Waals surface area contributed by atoms with Crippen LogP contribution in [-0.2, 0) is 16.1 Å². The summed E-state index contributed by atoms with van der Waals surface area (Å²) in [5.74, 6) is -2.91. The van der Waals surface area contributed by atoms with Gasteiger partial charge in [0.15, 0.2) is 0 Å². The van der Waals surface area contributed by atoms with E-state index in [0.29, 0.717) is 17.7 Å². The van der Waals surface area contributed by atoms with Gasteiger partial charge < -0.3 is 19.7 Å². The number of benzene rings is 3. The van der Waals surface area contributed by atoms with E-state index in [9.17, 15) is 14.0 Å². The molecule has 0 aliphatic carbocycles. The first-order valence-electron chi connectivity index (χ1n) is 11.6. The lowest BCUT2D eigenvalue weighted by Gasteiger charge is -2.12. The van der Waals surface area contributed by atoms with Gasteiger partial charge in [0, 0.05) is 24.8 Å². The maximum absolute atomic E-state index is 14.7. The van der Waals surface area contributed by atoms with Gasteiger partial charge in [0.2, 0.25) is 5.82 Å². The highest BCUT2D eigenvalue weighted by atomic mass is 19.1. The number of carboxylic acid groups (broad SMARTS) is 1. The third kappa shape index (κ3) is 5.73. The Hall–Kier alpha value is -4.37. The first-order valence-corrected chi connectivity index (χ1v) is 11.6. The maximum Gasteiger partial charge on any atom is 0.308 e.